The number of rotatable bonds is 12. The number of methoxy groups -OCH3 is 1. The van der Waals surface area contributed by atoms with Crippen LogP contribution in [0.3, 0.4) is 0 Å². The van der Waals surface area contributed by atoms with Gasteiger partial charge in [0.15, 0.2) is 15.1 Å². The molecule has 0 saturated carbocycles. The van der Waals surface area contributed by atoms with E-state index < -0.39 is 20.4 Å². The fourth-order valence-corrected chi connectivity index (χ4v) is 4.88. The number of hydrogen-bond donors (Lipinski definition) is 0. The van der Waals surface area contributed by atoms with E-state index in [1.54, 1.807) is 0 Å². The third-order valence-corrected chi connectivity index (χ3v) is 7.97. The summed E-state index contributed by atoms with van der Waals surface area (Å²) in [4.78, 5) is 33.7. The first-order valence-corrected chi connectivity index (χ1v) is 10.0. The van der Waals surface area contributed by atoms with Crippen molar-refractivity contribution in [1.82, 2.24) is 0 Å². The van der Waals surface area contributed by atoms with Crippen LogP contribution in [0, 0.1) is 0 Å². The lowest BCUT2D eigenvalue weighted by Gasteiger charge is -2.32. The van der Waals surface area contributed by atoms with E-state index in [0.29, 0.717) is 12.5 Å². The van der Waals surface area contributed by atoms with Crippen molar-refractivity contribution in [2.45, 2.75) is 57.8 Å². The standard InChI is InChI=1S/C15H26O6Si/c1-5-14(21-22(6-2,7-3)9-8-16)13(11-17)10-15(18)20-12-19-4/h8,14H,5-7,9-10,12H2,1-4H3. The summed E-state index contributed by atoms with van der Waals surface area (Å²) < 4.78 is 15.6. The Morgan fingerprint density at radius 1 is 1.27 bits per heavy atom. The van der Waals surface area contributed by atoms with E-state index in [1.807, 2.05) is 26.7 Å². The first-order chi connectivity index (χ1) is 10.5. The van der Waals surface area contributed by atoms with E-state index in [0.717, 1.165) is 18.4 Å². The quantitative estimate of drug-likeness (QED) is 0.180. The SMILES string of the molecule is CCC(O[Si](CC)(CC)CC=O)C(=C=O)CC(=O)OCOC. The smallest absolute Gasteiger partial charge is 0.312 e. The lowest BCUT2D eigenvalue weighted by molar-refractivity contribution is -0.153. The highest BCUT2D eigenvalue weighted by Gasteiger charge is 2.35. The van der Waals surface area contributed by atoms with Gasteiger partial charge in [0.2, 0.25) is 0 Å². The van der Waals surface area contributed by atoms with Crippen molar-refractivity contribution in [3.8, 4) is 0 Å². The first-order valence-electron chi connectivity index (χ1n) is 7.52. The maximum atomic E-state index is 11.6. The van der Waals surface area contributed by atoms with Gasteiger partial charge in [0.1, 0.15) is 12.2 Å². The van der Waals surface area contributed by atoms with Gasteiger partial charge in [0.25, 0.3) is 0 Å². The molecule has 0 fully saturated rings. The van der Waals surface area contributed by atoms with Crippen LogP contribution in [0.2, 0.25) is 18.1 Å². The summed E-state index contributed by atoms with van der Waals surface area (Å²) >= 11 is 0. The Labute approximate surface area is 132 Å². The molecular weight excluding hydrogens is 304 g/mol. The molecule has 0 aromatic heterocycles. The molecule has 0 aliphatic heterocycles. The Morgan fingerprint density at radius 2 is 1.91 bits per heavy atom. The summed E-state index contributed by atoms with van der Waals surface area (Å²) in [7, 11) is -0.821. The summed E-state index contributed by atoms with van der Waals surface area (Å²) in [6.07, 6.45) is 0.738. The van der Waals surface area contributed by atoms with Crippen LogP contribution in [0.1, 0.15) is 33.6 Å². The minimum atomic E-state index is -2.23. The van der Waals surface area contributed by atoms with Crippen LogP contribution in [-0.4, -0.2) is 46.5 Å². The monoisotopic (exact) mass is 330 g/mol. The van der Waals surface area contributed by atoms with Gasteiger partial charge >= 0.3 is 5.97 Å². The molecule has 0 aliphatic rings. The van der Waals surface area contributed by atoms with Gasteiger partial charge in [0, 0.05) is 13.2 Å². The molecule has 0 bridgehead atoms. The molecule has 1 atom stereocenters. The van der Waals surface area contributed by atoms with E-state index in [4.69, 9.17) is 9.16 Å². The molecule has 126 valence electrons. The number of ether oxygens (including phenoxy) is 2. The van der Waals surface area contributed by atoms with Crippen LogP contribution in [0.4, 0.5) is 0 Å². The van der Waals surface area contributed by atoms with E-state index in [9.17, 15) is 14.4 Å². The molecule has 0 aliphatic carbocycles. The third kappa shape index (κ3) is 6.66. The molecule has 0 aromatic carbocycles. The second-order valence-corrected chi connectivity index (χ2v) is 9.43. The van der Waals surface area contributed by atoms with Crippen molar-refractivity contribution in [2.24, 2.45) is 0 Å². The first kappa shape index (κ1) is 20.7. The highest BCUT2D eigenvalue weighted by Crippen LogP contribution is 2.26. The van der Waals surface area contributed by atoms with Crippen LogP contribution in [-0.2, 0) is 28.3 Å². The average Bonchev–Trinajstić information content (AvgIpc) is 2.55. The lowest BCUT2D eigenvalue weighted by atomic mass is 10.1. The second kappa shape index (κ2) is 11.3. The fraction of sp³-hybridized carbons (Fsp3) is 0.733. The zero-order chi connectivity index (χ0) is 17.0. The van der Waals surface area contributed by atoms with Gasteiger partial charge in [0.05, 0.1) is 18.1 Å². The molecule has 0 spiro atoms. The van der Waals surface area contributed by atoms with Crippen LogP contribution in [0.15, 0.2) is 5.57 Å². The van der Waals surface area contributed by atoms with Crippen LogP contribution in [0.25, 0.3) is 0 Å². The molecule has 0 amide bonds. The summed E-state index contributed by atoms with van der Waals surface area (Å²) in [6, 6.07) is 1.94. The van der Waals surface area contributed by atoms with Crippen molar-refractivity contribution < 1.29 is 28.3 Å². The van der Waals surface area contributed by atoms with Gasteiger partial charge < -0.3 is 18.7 Å². The van der Waals surface area contributed by atoms with Gasteiger partial charge in [-0.2, -0.15) is 0 Å². The van der Waals surface area contributed by atoms with Gasteiger partial charge in [-0.05, 0) is 18.5 Å². The van der Waals surface area contributed by atoms with Crippen LogP contribution >= 0.6 is 0 Å². The molecule has 7 heteroatoms. The van der Waals surface area contributed by atoms with E-state index >= 15 is 0 Å². The maximum Gasteiger partial charge on any atom is 0.312 e. The number of esters is 1. The van der Waals surface area contributed by atoms with Crippen molar-refractivity contribution in [3.05, 3.63) is 5.57 Å². The summed E-state index contributed by atoms with van der Waals surface area (Å²) in [5.74, 6) is 1.25. The van der Waals surface area contributed by atoms with Gasteiger partial charge in [-0.25, -0.2) is 4.79 Å². The fourth-order valence-electron chi connectivity index (χ4n) is 2.15. The average molecular weight is 330 g/mol. The zero-order valence-electron chi connectivity index (χ0n) is 13.8. The Morgan fingerprint density at radius 3 is 2.32 bits per heavy atom. The van der Waals surface area contributed by atoms with E-state index in [-0.39, 0.29) is 18.8 Å². The normalized spacial score (nSPS) is 12.4. The van der Waals surface area contributed by atoms with Crippen LogP contribution < -0.4 is 0 Å². The number of carbonyl (C=O) groups is 2. The van der Waals surface area contributed by atoms with Gasteiger partial charge in [-0.1, -0.05) is 20.8 Å². The van der Waals surface area contributed by atoms with Crippen molar-refractivity contribution >= 4 is 26.5 Å². The molecule has 0 N–H and O–H groups in total. The Hall–Kier alpha value is -1.27. The number of aldehydes is 1. The predicted molar refractivity (Wildman–Crippen MR) is 84.5 cm³/mol. The molecule has 0 rings (SSSR count). The Kier molecular flexibility index (Phi) is 10.7. The van der Waals surface area contributed by atoms with Crippen molar-refractivity contribution in [3.63, 3.8) is 0 Å². The molecule has 6 nitrogen and oxygen atoms in total. The summed E-state index contributed by atoms with van der Waals surface area (Å²) in [5.41, 5.74) is 0.230. The number of hydrogen-bond acceptors (Lipinski definition) is 6. The molecule has 0 saturated heterocycles. The van der Waals surface area contributed by atoms with Crippen molar-refractivity contribution in [1.29, 1.82) is 0 Å². The van der Waals surface area contributed by atoms with Crippen molar-refractivity contribution in [2.75, 3.05) is 13.9 Å². The minimum absolute atomic E-state index is 0.156. The molecule has 0 heterocycles. The predicted octanol–water partition coefficient (Wildman–Crippen LogP) is 2.26. The largest absolute Gasteiger partial charge is 0.438 e. The lowest BCUT2D eigenvalue weighted by Crippen LogP contribution is -2.41. The summed E-state index contributed by atoms with van der Waals surface area (Å²) in [5, 5.41) is 0. The Bertz CT molecular complexity index is 399. The highest BCUT2D eigenvalue weighted by molar-refractivity contribution is 6.75. The van der Waals surface area contributed by atoms with E-state index in [1.165, 1.54) is 7.11 Å². The van der Waals surface area contributed by atoms with Gasteiger partial charge in [-0.15, -0.1) is 0 Å². The van der Waals surface area contributed by atoms with Gasteiger partial charge in [-0.3, -0.25) is 4.79 Å². The molecule has 0 aromatic rings. The Balaban J connectivity index is 5.00. The van der Waals surface area contributed by atoms with E-state index in [2.05, 4.69) is 4.74 Å². The highest BCUT2D eigenvalue weighted by atomic mass is 28.4. The molecule has 0 radical (unpaired) electrons. The summed E-state index contributed by atoms with van der Waals surface area (Å²) in [6.45, 7) is 5.69. The maximum absolute atomic E-state index is 11.6. The number of carbonyl (C=O) groups excluding carboxylic acids is 3. The molecular formula is C15H26O6Si. The molecule has 22 heavy (non-hydrogen) atoms. The minimum Gasteiger partial charge on any atom is -0.438 e. The zero-order valence-corrected chi connectivity index (χ0v) is 14.8. The molecule has 1 unspecified atom stereocenters. The second-order valence-electron chi connectivity index (χ2n) is 5.00. The van der Waals surface area contributed by atoms with Crippen LogP contribution in [0.5, 0.6) is 0 Å². The topological polar surface area (TPSA) is 78.9 Å². The third-order valence-electron chi connectivity index (χ3n) is 3.70.